The van der Waals surface area contributed by atoms with E-state index >= 15 is 0 Å². The van der Waals surface area contributed by atoms with Gasteiger partial charge >= 0.3 is 0 Å². The average Bonchev–Trinajstić information content (AvgIpc) is 2.94. The normalized spacial score (nSPS) is 19.8. The number of rotatable bonds is 2. The van der Waals surface area contributed by atoms with Crippen LogP contribution in [0.15, 0.2) is 36.4 Å². The maximum Gasteiger partial charge on any atom is 0.122 e. The van der Waals surface area contributed by atoms with Crippen molar-refractivity contribution < 1.29 is 4.74 Å². The molecule has 0 fully saturated rings. The molecule has 0 bridgehead atoms. The Morgan fingerprint density at radius 2 is 2.12 bits per heavy atom. The molecule has 0 aliphatic carbocycles. The van der Waals surface area contributed by atoms with Gasteiger partial charge in [-0.3, -0.25) is 0 Å². The standard InChI is InChI=1S/C14H13ClOS/c1-9-6-7-13(17-9)14(15)11-8-16-12-5-3-2-4-10(11)12/h2-7,11,14H,8H2,1H3. The van der Waals surface area contributed by atoms with E-state index < -0.39 is 0 Å². The topological polar surface area (TPSA) is 9.23 Å². The summed E-state index contributed by atoms with van der Waals surface area (Å²) in [5.41, 5.74) is 1.23. The molecule has 0 amide bonds. The number of ether oxygens (including phenoxy) is 1. The molecule has 0 N–H and O–H groups in total. The number of alkyl halides is 1. The van der Waals surface area contributed by atoms with E-state index in [1.54, 1.807) is 11.3 Å². The minimum atomic E-state index is 0.0114. The smallest absolute Gasteiger partial charge is 0.122 e. The molecule has 3 heteroatoms. The summed E-state index contributed by atoms with van der Waals surface area (Å²) in [4.78, 5) is 2.53. The number of fused-ring (bicyclic) bond motifs is 1. The minimum absolute atomic E-state index is 0.0114. The van der Waals surface area contributed by atoms with Gasteiger partial charge in [0.25, 0.3) is 0 Å². The fourth-order valence-electron chi connectivity index (χ4n) is 2.23. The number of halogens is 1. The molecule has 2 heterocycles. The molecule has 17 heavy (non-hydrogen) atoms. The molecule has 0 saturated carbocycles. The van der Waals surface area contributed by atoms with Crippen molar-refractivity contribution in [2.45, 2.75) is 18.2 Å². The Balaban J connectivity index is 1.92. The van der Waals surface area contributed by atoms with Crippen molar-refractivity contribution in [1.82, 2.24) is 0 Å². The van der Waals surface area contributed by atoms with E-state index in [2.05, 4.69) is 25.1 Å². The molecule has 1 nitrogen and oxygen atoms in total. The molecule has 2 atom stereocenters. The molecule has 1 aliphatic rings. The van der Waals surface area contributed by atoms with E-state index in [1.807, 2.05) is 18.2 Å². The molecule has 0 spiro atoms. The first kappa shape index (κ1) is 11.1. The zero-order valence-corrected chi connectivity index (χ0v) is 11.1. The molecule has 3 rings (SSSR count). The summed E-state index contributed by atoms with van der Waals surface area (Å²) in [6.07, 6.45) is 0. The summed E-state index contributed by atoms with van der Waals surface area (Å²) in [7, 11) is 0. The summed E-state index contributed by atoms with van der Waals surface area (Å²) in [5.74, 6) is 1.25. The maximum atomic E-state index is 6.58. The number of para-hydroxylation sites is 1. The largest absolute Gasteiger partial charge is 0.493 e. The second-order valence-electron chi connectivity index (χ2n) is 4.31. The van der Waals surface area contributed by atoms with Crippen LogP contribution in [0.5, 0.6) is 5.75 Å². The zero-order chi connectivity index (χ0) is 11.8. The van der Waals surface area contributed by atoms with Crippen molar-refractivity contribution >= 4 is 22.9 Å². The van der Waals surface area contributed by atoms with E-state index in [0.29, 0.717) is 6.61 Å². The van der Waals surface area contributed by atoms with Gasteiger partial charge in [0, 0.05) is 21.2 Å². The summed E-state index contributed by atoms with van der Waals surface area (Å²) in [6, 6.07) is 12.4. The average molecular weight is 265 g/mol. The van der Waals surface area contributed by atoms with E-state index in [-0.39, 0.29) is 11.3 Å². The Bertz CT molecular complexity index is 535. The Kier molecular flexibility index (Phi) is 2.85. The van der Waals surface area contributed by atoms with E-state index in [1.165, 1.54) is 15.3 Å². The molecule has 88 valence electrons. The molecule has 0 radical (unpaired) electrons. The van der Waals surface area contributed by atoms with Gasteiger partial charge in [-0.15, -0.1) is 22.9 Å². The molecule has 1 aromatic carbocycles. The van der Waals surface area contributed by atoms with Gasteiger partial charge in [-0.25, -0.2) is 0 Å². The van der Waals surface area contributed by atoms with Crippen molar-refractivity contribution in [2.24, 2.45) is 0 Å². The quantitative estimate of drug-likeness (QED) is 0.725. The fourth-order valence-corrected chi connectivity index (χ4v) is 3.57. The van der Waals surface area contributed by atoms with Gasteiger partial charge in [0.05, 0.1) is 12.0 Å². The third-order valence-corrected chi connectivity index (χ3v) is 4.88. The lowest BCUT2D eigenvalue weighted by Crippen LogP contribution is -2.06. The lowest BCUT2D eigenvalue weighted by atomic mass is 9.97. The van der Waals surface area contributed by atoms with E-state index in [9.17, 15) is 0 Å². The first-order chi connectivity index (χ1) is 8.25. The van der Waals surface area contributed by atoms with Crippen LogP contribution in [0.4, 0.5) is 0 Å². The van der Waals surface area contributed by atoms with Crippen LogP contribution in [-0.2, 0) is 0 Å². The van der Waals surface area contributed by atoms with E-state index in [4.69, 9.17) is 16.3 Å². The Labute approximate surface area is 110 Å². The van der Waals surface area contributed by atoms with Crippen molar-refractivity contribution in [3.05, 3.63) is 51.7 Å². The van der Waals surface area contributed by atoms with Crippen LogP contribution in [0.1, 0.15) is 26.6 Å². The highest BCUT2D eigenvalue weighted by molar-refractivity contribution is 7.12. The highest BCUT2D eigenvalue weighted by Gasteiger charge is 2.31. The van der Waals surface area contributed by atoms with Crippen LogP contribution in [0.3, 0.4) is 0 Å². The minimum Gasteiger partial charge on any atom is -0.493 e. The van der Waals surface area contributed by atoms with E-state index in [0.717, 1.165) is 5.75 Å². The summed E-state index contributed by atoms with van der Waals surface area (Å²) in [6.45, 7) is 2.79. The van der Waals surface area contributed by atoms with Gasteiger partial charge in [-0.1, -0.05) is 18.2 Å². The van der Waals surface area contributed by atoms with Crippen molar-refractivity contribution in [2.75, 3.05) is 6.61 Å². The number of hydrogen-bond acceptors (Lipinski definition) is 2. The number of hydrogen-bond donors (Lipinski definition) is 0. The maximum absolute atomic E-state index is 6.58. The van der Waals surface area contributed by atoms with Crippen LogP contribution in [-0.4, -0.2) is 6.61 Å². The monoisotopic (exact) mass is 264 g/mol. The molecule has 1 aliphatic heterocycles. The van der Waals surface area contributed by atoms with Crippen LogP contribution in [0.25, 0.3) is 0 Å². The highest BCUT2D eigenvalue weighted by Crippen LogP contribution is 2.45. The Hall–Kier alpha value is -0.990. The first-order valence-corrected chi connectivity index (χ1v) is 6.93. The van der Waals surface area contributed by atoms with Crippen LogP contribution in [0, 0.1) is 6.92 Å². The Morgan fingerprint density at radius 1 is 1.29 bits per heavy atom. The molecule has 2 aromatic rings. The third-order valence-electron chi connectivity index (χ3n) is 3.12. The number of aryl methyl sites for hydroxylation is 1. The van der Waals surface area contributed by atoms with Gasteiger partial charge in [-0.05, 0) is 25.1 Å². The fraction of sp³-hybridized carbons (Fsp3) is 0.286. The summed E-state index contributed by atoms with van der Waals surface area (Å²) >= 11 is 8.35. The number of benzene rings is 1. The second-order valence-corrected chi connectivity index (χ2v) is 6.10. The predicted octanol–water partition coefficient (Wildman–Crippen LogP) is 4.51. The van der Waals surface area contributed by atoms with Crippen LogP contribution >= 0.6 is 22.9 Å². The van der Waals surface area contributed by atoms with Crippen molar-refractivity contribution in [3.8, 4) is 5.75 Å². The van der Waals surface area contributed by atoms with Crippen LogP contribution in [0.2, 0.25) is 0 Å². The second kappa shape index (κ2) is 4.35. The lowest BCUT2D eigenvalue weighted by molar-refractivity contribution is 0.328. The third kappa shape index (κ3) is 1.96. The lowest BCUT2D eigenvalue weighted by Gasteiger charge is -2.14. The van der Waals surface area contributed by atoms with Crippen molar-refractivity contribution in [1.29, 1.82) is 0 Å². The van der Waals surface area contributed by atoms with Crippen LogP contribution < -0.4 is 4.74 Å². The highest BCUT2D eigenvalue weighted by atomic mass is 35.5. The summed E-state index contributed by atoms with van der Waals surface area (Å²) < 4.78 is 5.68. The molecule has 2 unspecified atom stereocenters. The zero-order valence-electron chi connectivity index (χ0n) is 9.52. The number of thiophene rings is 1. The van der Waals surface area contributed by atoms with Gasteiger partial charge in [0.2, 0.25) is 0 Å². The van der Waals surface area contributed by atoms with Gasteiger partial charge < -0.3 is 4.74 Å². The molecule has 0 saturated heterocycles. The first-order valence-electron chi connectivity index (χ1n) is 5.68. The summed E-state index contributed by atoms with van der Waals surface area (Å²) in [5, 5.41) is 0.0114. The van der Waals surface area contributed by atoms with Crippen molar-refractivity contribution in [3.63, 3.8) is 0 Å². The Morgan fingerprint density at radius 3 is 2.88 bits per heavy atom. The molecular formula is C14H13ClOS. The molecule has 1 aromatic heterocycles. The predicted molar refractivity (Wildman–Crippen MR) is 72.3 cm³/mol. The molecular weight excluding hydrogens is 252 g/mol. The van der Waals surface area contributed by atoms with Gasteiger partial charge in [-0.2, -0.15) is 0 Å². The van der Waals surface area contributed by atoms with Gasteiger partial charge in [0.15, 0.2) is 0 Å². The van der Waals surface area contributed by atoms with Gasteiger partial charge in [0.1, 0.15) is 5.75 Å². The SMILES string of the molecule is Cc1ccc(C(Cl)C2COc3ccccc32)s1.